The lowest BCUT2D eigenvalue weighted by Gasteiger charge is -2.08. The maximum Gasteiger partial charge on any atom is 0.337 e. The standard InChI is InChI=1S/C9H6F2O4/c10-6-1-4(3-12)5(2-7(6)11)8(13)9(14)15/h1-3,8,13H,(H,14,15). The number of carboxylic acid groups (broad SMARTS) is 1. The molecule has 0 aliphatic heterocycles. The van der Waals surface area contributed by atoms with Gasteiger partial charge in [0.2, 0.25) is 0 Å². The third-order valence-electron chi connectivity index (χ3n) is 1.78. The predicted molar refractivity (Wildman–Crippen MR) is 44.3 cm³/mol. The highest BCUT2D eigenvalue weighted by molar-refractivity contribution is 5.83. The lowest BCUT2D eigenvalue weighted by Crippen LogP contribution is -2.13. The number of aldehydes is 1. The highest BCUT2D eigenvalue weighted by Gasteiger charge is 2.21. The Labute approximate surface area is 82.8 Å². The van der Waals surface area contributed by atoms with Crippen molar-refractivity contribution in [2.24, 2.45) is 0 Å². The van der Waals surface area contributed by atoms with Gasteiger partial charge in [-0.15, -0.1) is 0 Å². The Bertz CT molecular complexity index is 417. The van der Waals surface area contributed by atoms with Gasteiger partial charge in [0.05, 0.1) is 0 Å². The Morgan fingerprint density at radius 1 is 1.33 bits per heavy atom. The average Bonchev–Trinajstić information content (AvgIpc) is 2.20. The lowest BCUT2D eigenvalue weighted by molar-refractivity contribution is -0.146. The van der Waals surface area contributed by atoms with Crippen LogP contribution in [-0.2, 0) is 4.79 Å². The first-order valence-electron chi connectivity index (χ1n) is 3.82. The molecular formula is C9H6F2O4. The van der Waals surface area contributed by atoms with Gasteiger partial charge in [0.1, 0.15) is 0 Å². The molecule has 0 spiro atoms. The summed E-state index contributed by atoms with van der Waals surface area (Å²) in [6.07, 6.45) is -1.91. The number of carbonyl (C=O) groups is 2. The molecule has 0 aromatic heterocycles. The maximum atomic E-state index is 12.7. The lowest BCUT2D eigenvalue weighted by atomic mass is 10.0. The largest absolute Gasteiger partial charge is 0.479 e. The van der Waals surface area contributed by atoms with Crippen molar-refractivity contribution in [3.8, 4) is 0 Å². The third-order valence-corrected chi connectivity index (χ3v) is 1.78. The van der Waals surface area contributed by atoms with Crippen LogP contribution < -0.4 is 0 Å². The second kappa shape index (κ2) is 4.14. The van der Waals surface area contributed by atoms with E-state index in [1.54, 1.807) is 0 Å². The van der Waals surface area contributed by atoms with E-state index in [0.717, 1.165) is 0 Å². The fourth-order valence-corrected chi connectivity index (χ4v) is 1.05. The normalized spacial score (nSPS) is 12.2. The van der Waals surface area contributed by atoms with E-state index in [0.29, 0.717) is 12.1 Å². The number of carboxylic acids is 1. The minimum atomic E-state index is -2.06. The summed E-state index contributed by atoms with van der Waals surface area (Å²) >= 11 is 0. The molecule has 80 valence electrons. The van der Waals surface area contributed by atoms with E-state index in [1.807, 2.05) is 0 Å². The Balaban J connectivity index is 3.33. The van der Waals surface area contributed by atoms with Crippen LogP contribution in [0.25, 0.3) is 0 Å². The number of carbonyl (C=O) groups excluding carboxylic acids is 1. The van der Waals surface area contributed by atoms with E-state index in [1.165, 1.54) is 0 Å². The second-order valence-electron chi connectivity index (χ2n) is 2.75. The molecule has 0 aliphatic carbocycles. The molecule has 0 saturated heterocycles. The molecule has 4 nitrogen and oxygen atoms in total. The average molecular weight is 216 g/mol. The number of hydrogen-bond donors (Lipinski definition) is 2. The van der Waals surface area contributed by atoms with Crippen molar-refractivity contribution in [3.63, 3.8) is 0 Å². The van der Waals surface area contributed by atoms with Gasteiger partial charge in [0, 0.05) is 11.1 Å². The summed E-state index contributed by atoms with van der Waals surface area (Å²) in [6, 6.07) is 1.02. The summed E-state index contributed by atoms with van der Waals surface area (Å²) in [5, 5.41) is 17.5. The fourth-order valence-electron chi connectivity index (χ4n) is 1.05. The first kappa shape index (κ1) is 11.3. The van der Waals surface area contributed by atoms with Crippen LogP contribution in [0.5, 0.6) is 0 Å². The van der Waals surface area contributed by atoms with Crippen LogP contribution in [0.3, 0.4) is 0 Å². The molecule has 0 fully saturated rings. The summed E-state index contributed by atoms with van der Waals surface area (Å²) in [6.45, 7) is 0. The van der Waals surface area contributed by atoms with Gasteiger partial charge in [-0.1, -0.05) is 0 Å². The minimum Gasteiger partial charge on any atom is -0.479 e. The van der Waals surface area contributed by atoms with Crippen molar-refractivity contribution in [3.05, 3.63) is 34.9 Å². The van der Waals surface area contributed by atoms with Crippen LogP contribution >= 0.6 is 0 Å². The molecule has 15 heavy (non-hydrogen) atoms. The molecule has 6 heteroatoms. The predicted octanol–water partition coefficient (Wildman–Crippen LogP) is 0.895. The maximum absolute atomic E-state index is 12.7. The number of aliphatic hydroxyl groups excluding tert-OH is 1. The zero-order chi connectivity index (χ0) is 11.6. The summed E-state index contributed by atoms with van der Waals surface area (Å²) in [5.41, 5.74) is -0.875. The highest BCUT2D eigenvalue weighted by atomic mass is 19.2. The minimum absolute atomic E-state index is 0.143. The first-order valence-corrected chi connectivity index (χ1v) is 3.82. The van der Waals surface area contributed by atoms with Crippen LogP contribution in [0.15, 0.2) is 12.1 Å². The SMILES string of the molecule is O=Cc1cc(F)c(F)cc1C(O)C(=O)O. The Hall–Kier alpha value is -1.82. The molecule has 0 radical (unpaired) electrons. The second-order valence-corrected chi connectivity index (χ2v) is 2.75. The van der Waals surface area contributed by atoms with E-state index in [2.05, 4.69) is 0 Å². The van der Waals surface area contributed by atoms with Gasteiger partial charge in [-0.25, -0.2) is 13.6 Å². The summed E-state index contributed by atoms with van der Waals surface area (Å²) in [4.78, 5) is 20.8. The number of hydrogen-bond acceptors (Lipinski definition) is 3. The van der Waals surface area contributed by atoms with Gasteiger partial charge in [-0.3, -0.25) is 4.79 Å². The quantitative estimate of drug-likeness (QED) is 0.736. The fraction of sp³-hybridized carbons (Fsp3) is 0.111. The van der Waals surface area contributed by atoms with Crippen molar-refractivity contribution in [2.45, 2.75) is 6.10 Å². The molecule has 1 aromatic rings. The van der Waals surface area contributed by atoms with Gasteiger partial charge < -0.3 is 10.2 Å². The molecule has 0 heterocycles. The molecule has 1 rings (SSSR count). The Morgan fingerprint density at radius 2 is 1.87 bits per heavy atom. The van der Waals surface area contributed by atoms with Crippen LogP contribution in [0.1, 0.15) is 22.0 Å². The van der Waals surface area contributed by atoms with E-state index in [-0.39, 0.29) is 6.29 Å². The summed E-state index contributed by atoms with van der Waals surface area (Å²) in [7, 11) is 0. The van der Waals surface area contributed by atoms with Crippen molar-refractivity contribution < 1.29 is 28.6 Å². The number of benzene rings is 1. The van der Waals surface area contributed by atoms with E-state index in [9.17, 15) is 18.4 Å². The molecule has 1 atom stereocenters. The van der Waals surface area contributed by atoms with Gasteiger partial charge in [-0.2, -0.15) is 0 Å². The van der Waals surface area contributed by atoms with E-state index in [4.69, 9.17) is 10.2 Å². The van der Waals surface area contributed by atoms with Gasteiger partial charge in [-0.05, 0) is 12.1 Å². The van der Waals surface area contributed by atoms with Gasteiger partial charge in [0.15, 0.2) is 24.0 Å². The van der Waals surface area contributed by atoms with Crippen LogP contribution in [0.4, 0.5) is 8.78 Å². The zero-order valence-corrected chi connectivity index (χ0v) is 7.28. The third kappa shape index (κ3) is 2.16. The van der Waals surface area contributed by atoms with Crippen molar-refractivity contribution in [2.75, 3.05) is 0 Å². The molecule has 0 aliphatic rings. The Kier molecular flexibility index (Phi) is 3.11. The first-order chi connectivity index (χ1) is 6.97. The summed E-state index contributed by atoms with van der Waals surface area (Å²) < 4.78 is 25.4. The molecule has 1 unspecified atom stereocenters. The van der Waals surface area contributed by atoms with Gasteiger partial charge in [0.25, 0.3) is 0 Å². The Morgan fingerprint density at radius 3 is 2.33 bits per heavy atom. The molecule has 2 N–H and O–H groups in total. The molecule has 1 aromatic carbocycles. The van der Waals surface area contributed by atoms with Crippen molar-refractivity contribution >= 4 is 12.3 Å². The van der Waals surface area contributed by atoms with Crippen LogP contribution in [0, 0.1) is 11.6 Å². The van der Waals surface area contributed by atoms with Crippen molar-refractivity contribution in [1.29, 1.82) is 0 Å². The molecule has 0 amide bonds. The summed E-state index contributed by atoms with van der Waals surface area (Å²) in [5.74, 6) is -4.25. The van der Waals surface area contributed by atoms with Gasteiger partial charge >= 0.3 is 5.97 Å². The molecule has 0 bridgehead atoms. The molecule has 0 saturated carbocycles. The van der Waals surface area contributed by atoms with Crippen LogP contribution in [-0.4, -0.2) is 22.5 Å². The van der Waals surface area contributed by atoms with Crippen molar-refractivity contribution in [1.82, 2.24) is 0 Å². The number of rotatable bonds is 3. The van der Waals surface area contributed by atoms with Crippen LogP contribution in [0.2, 0.25) is 0 Å². The topological polar surface area (TPSA) is 74.6 Å². The molecular weight excluding hydrogens is 210 g/mol. The van der Waals surface area contributed by atoms with E-state index < -0.39 is 34.8 Å². The zero-order valence-electron chi connectivity index (χ0n) is 7.28. The van der Waals surface area contributed by atoms with E-state index >= 15 is 0 Å². The smallest absolute Gasteiger partial charge is 0.337 e. The number of aliphatic hydroxyl groups is 1. The number of halogens is 2. The highest BCUT2D eigenvalue weighted by Crippen LogP contribution is 2.20. The number of aliphatic carboxylic acids is 1. The monoisotopic (exact) mass is 216 g/mol.